The molecule has 7 nitrogen and oxygen atoms in total. The maximum absolute atomic E-state index is 12.4. The van der Waals surface area contributed by atoms with Crippen LogP contribution < -0.4 is 4.72 Å². The Hall–Kier alpha value is -2.53. The fourth-order valence-corrected chi connectivity index (χ4v) is 3.24. The van der Waals surface area contributed by atoms with E-state index in [1.807, 2.05) is 13.0 Å². The molecule has 24 heavy (non-hydrogen) atoms. The Morgan fingerprint density at radius 2 is 2.17 bits per heavy atom. The third kappa shape index (κ3) is 4.06. The normalized spacial score (nSPS) is 17.5. The number of rotatable bonds is 5. The van der Waals surface area contributed by atoms with Gasteiger partial charge in [-0.2, -0.15) is 5.26 Å². The molecular formula is C16H20N4O3S. The van der Waals surface area contributed by atoms with E-state index < -0.39 is 10.0 Å². The van der Waals surface area contributed by atoms with E-state index in [9.17, 15) is 13.2 Å². The van der Waals surface area contributed by atoms with Crippen molar-refractivity contribution in [3.05, 3.63) is 40.5 Å². The first-order valence-corrected chi connectivity index (χ1v) is 9.24. The molecule has 0 amide bonds. The van der Waals surface area contributed by atoms with Crippen molar-refractivity contribution in [2.24, 2.45) is 5.92 Å². The zero-order chi connectivity index (χ0) is 18.1. The fourth-order valence-electron chi connectivity index (χ4n) is 2.56. The molecule has 8 heteroatoms. The van der Waals surface area contributed by atoms with Crippen molar-refractivity contribution in [3.8, 4) is 6.07 Å². The molecule has 128 valence electrons. The van der Waals surface area contributed by atoms with Crippen LogP contribution in [0.2, 0.25) is 0 Å². The molecule has 0 radical (unpaired) electrons. The summed E-state index contributed by atoms with van der Waals surface area (Å²) < 4.78 is 25.4. The van der Waals surface area contributed by atoms with Crippen LogP contribution in [0.4, 0.5) is 0 Å². The van der Waals surface area contributed by atoms with Gasteiger partial charge < -0.3 is 9.88 Å². The highest BCUT2D eigenvalue weighted by Crippen LogP contribution is 2.28. The van der Waals surface area contributed by atoms with Crippen LogP contribution in [0, 0.1) is 17.2 Å². The molecule has 1 atom stereocenters. The minimum atomic E-state index is -3.36. The van der Waals surface area contributed by atoms with Gasteiger partial charge in [0.25, 0.3) is 0 Å². The third-order valence-electron chi connectivity index (χ3n) is 3.59. The van der Waals surface area contributed by atoms with Gasteiger partial charge in [-0.25, -0.2) is 8.42 Å². The van der Waals surface area contributed by atoms with Crippen LogP contribution in [0.15, 0.2) is 23.5 Å². The van der Waals surface area contributed by atoms with E-state index in [2.05, 4.69) is 9.71 Å². The first-order valence-electron chi connectivity index (χ1n) is 7.35. The Bertz CT molecular complexity index is 870. The number of nitrogens with one attached hydrogen (secondary N) is 2. The number of hydrogen-bond donors (Lipinski definition) is 2. The van der Waals surface area contributed by atoms with E-state index in [0.29, 0.717) is 23.5 Å². The van der Waals surface area contributed by atoms with Gasteiger partial charge in [0.15, 0.2) is 0 Å². The molecule has 1 aromatic rings. The van der Waals surface area contributed by atoms with Crippen molar-refractivity contribution in [1.82, 2.24) is 14.6 Å². The van der Waals surface area contributed by atoms with Crippen molar-refractivity contribution in [3.63, 3.8) is 0 Å². The average Bonchev–Trinajstić information content (AvgIpc) is 2.85. The summed E-state index contributed by atoms with van der Waals surface area (Å²) >= 11 is 0. The van der Waals surface area contributed by atoms with Gasteiger partial charge >= 0.3 is 0 Å². The van der Waals surface area contributed by atoms with Gasteiger partial charge in [0.1, 0.15) is 11.6 Å². The van der Waals surface area contributed by atoms with Crippen LogP contribution in [0.1, 0.15) is 28.7 Å². The lowest BCUT2D eigenvalue weighted by atomic mass is 9.92. The maximum Gasteiger partial charge on any atom is 0.229 e. The zero-order valence-electron chi connectivity index (χ0n) is 14.0. The number of hydrogen-bond acceptors (Lipinski definition) is 5. The van der Waals surface area contributed by atoms with Gasteiger partial charge in [-0.05, 0) is 24.1 Å². The Labute approximate surface area is 141 Å². The quantitative estimate of drug-likeness (QED) is 0.473. The van der Waals surface area contributed by atoms with E-state index in [4.69, 9.17) is 5.26 Å². The molecule has 1 aromatic heterocycles. The van der Waals surface area contributed by atoms with Crippen molar-refractivity contribution in [2.45, 2.75) is 13.3 Å². The lowest BCUT2D eigenvalue weighted by molar-refractivity contribution is 0.103. The first-order chi connectivity index (χ1) is 11.1. The Morgan fingerprint density at radius 1 is 1.50 bits per heavy atom. The topological polar surface area (TPSA) is 106 Å². The number of sulfonamides is 1. The van der Waals surface area contributed by atoms with Gasteiger partial charge in [0, 0.05) is 37.6 Å². The van der Waals surface area contributed by atoms with Gasteiger partial charge in [-0.15, -0.1) is 0 Å². The Kier molecular flexibility index (Phi) is 4.85. The highest BCUT2D eigenvalue weighted by Gasteiger charge is 2.24. The van der Waals surface area contributed by atoms with E-state index in [-0.39, 0.29) is 17.3 Å². The van der Waals surface area contributed by atoms with Crippen LogP contribution in [0.3, 0.4) is 0 Å². The number of allylic oxidation sites excluding steroid dienone is 2. The summed E-state index contributed by atoms with van der Waals surface area (Å²) in [4.78, 5) is 17.1. The summed E-state index contributed by atoms with van der Waals surface area (Å²) in [6.45, 7) is 1.91. The fraction of sp³-hybridized carbons (Fsp3) is 0.375. The van der Waals surface area contributed by atoms with E-state index in [1.54, 1.807) is 31.1 Å². The summed E-state index contributed by atoms with van der Waals surface area (Å²) in [5.41, 5.74) is 2.54. The predicted octanol–water partition coefficient (Wildman–Crippen LogP) is 1.25. The number of nitrogens with zero attached hydrogens (tertiary/aromatic N) is 2. The van der Waals surface area contributed by atoms with Crippen LogP contribution in [-0.4, -0.2) is 44.4 Å². The molecule has 1 aliphatic carbocycles. The number of aromatic amines is 1. The summed E-state index contributed by atoms with van der Waals surface area (Å²) in [5.74, 6) is -0.405. The van der Waals surface area contributed by atoms with Crippen molar-refractivity contribution < 1.29 is 13.2 Å². The summed E-state index contributed by atoms with van der Waals surface area (Å²) in [5, 5.41) is 9.15. The van der Waals surface area contributed by atoms with Crippen molar-refractivity contribution in [2.75, 3.05) is 20.4 Å². The number of carbonyl (C=O) groups excluding carboxylic acids is 1. The molecule has 0 saturated carbocycles. The Balaban J connectivity index is 2.37. The van der Waals surface area contributed by atoms with Crippen molar-refractivity contribution in [1.29, 1.82) is 5.26 Å². The standard InChI is InChI=1S/C16H20N4O3S/c1-10-5-11-6-15(16(21)12(8-17)9-20(2)3)18-14(11)7-13(10)19-24(4,22)23/h6-7,9-10,18-19H,5H2,1-4H3/b12-9+/t10-/m1/s1. The number of Topliss-reactive ketones (excluding diaryl/α,β-unsaturated/α-hetero) is 1. The van der Waals surface area contributed by atoms with Crippen LogP contribution in [-0.2, 0) is 16.4 Å². The van der Waals surface area contributed by atoms with Gasteiger partial charge in [-0.1, -0.05) is 6.92 Å². The predicted molar refractivity (Wildman–Crippen MR) is 91.3 cm³/mol. The zero-order valence-corrected chi connectivity index (χ0v) is 14.9. The van der Waals surface area contributed by atoms with Gasteiger partial charge in [0.2, 0.25) is 15.8 Å². The highest BCUT2D eigenvalue weighted by molar-refractivity contribution is 7.88. The lowest BCUT2D eigenvalue weighted by Crippen LogP contribution is -2.27. The SMILES string of the molecule is C[C@@H]1Cc2cc(C(=O)/C(C#N)=C/N(C)C)[nH]c2C=C1NS(C)(=O)=O. The molecule has 2 N–H and O–H groups in total. The summed E-state index contributed by atoms with van der Waals surface area (Å²) in [6, 6.07) is 3.63. The highest BCUT2D eigenvalue weighted by atomic mass is 32.2. The Morgan fingerprint density at radius 3 is 2.71 bits per heavy atom. The average molecular weight is 348 g/mol. The molecule has 0 fully saturated rings. The summed E-state index contributed by atoms with van der Waals surface area (Å²) in [7, 11) is 0.112. The molecule has 0 spiro atoms. The minimum Gasteiger partial charge on any atom is -0.382 e. The second kappa shape index (κ2) is 6.53. The second-order valence-corrected chi connectivity index (χ2v) is 7.90. The first kappa shape index (κ1) is 17.8. The van der Waals surface area contributed by atoms with Gasteiger partial charge in [-0.3, -0.25) is 9.52 Å². The number of aromatic nitrogens is 1. The number of fused-ring (bicyclic) bond motifs is 1. The number of H-pyrrole nitrogens is 1. The van der Waals surface area contributed by atoms with E-state index in [0.717, 1.165) is 11.8 Å². The number of carbonyl (C=O) groups is 1. The number of nitriles is 1. The van der Waals surface area contributed by atoms with Crippen molar-refractivity contribution >= 4 is 21.9 Å². The largest absolute Gasteiger partial charge is 0.382 e. The van der Waals surface area contributed by atoms with Crippen LogP contribution in [0.25, 0.3) is 6.08 Å². The lowest BCUT2D eigenvalue weighted by Gasteiger charge is -2.21. The molecule has 0 saturated heterocycles. The molecular weight excluding hydrogens is 328 g/mol. The molecule has 1 heterocycles. The second-order valence-electron chi connectivity index (χ2n) is 6.15. The molecule has 0 aliphatic heterocycles. The minimum absolute atomic E-state index is 0.0151. The smallest absolute Gasteiger partial charge is 0.229 e. The molecule has 0 bridgehead atoms. The molecule has 0 unspecified atom stereocenters. The number of ketones is 1. The molecule has 0 aromatic carbocycles. The van der Waals surface area contributed by atoms with E-state index >= 15 is 0 Å². The van der Waals surface area contributed by atoms with Crippen LogP contribution >= 0.6 is 0 Å². The maximum atomic E-state index is 12.4. The third-order valence-corrected chi connectivity index (χ3v) is 4.20. The van der Waals surface area contributed by atoms with E-state index in [1.165, 1.54) is 6.20 Å². The molecule has 2 rings (SSSR count). The van der Waals surface area contributed by atoms with Crippen LogP contribution in [0.5, 0.6) is 0 Å². The van der Waals surface area contributed by atoms with Gasteiger partial charge in [0.05, 0.1) is 11.9 Å². The molecule has 1 aliphatic rings. The monoisotopic (exact) mass is 348 g/mol. The summed E-state index contributed by atoms with van der Waals surface area (Å²) in [6.07, 6.45) is 4.87.